The number of nitrogens with one attached hydrogen (secondary N) is 2. The highest BCUT2D eigenvalue weighted by atomic mass is 32.1. The monoisotopic (exact) mass is 295 g/mol. The number of aromatic nitrogens is 2. The van der Waals surface area contributed by atoms with Gasteiger partial charge in [-0.15, -0.1) is 11.3 Å². The molecule has 0 bridgehead atoms. The third kappa shape index (κ3) is 3.16. The molecule has 2 N–H and O–H groups in total. The van der Waals surface area contributed by atoms with Gasteiger partial charge in [-0.1, -0.05) is 19.8 Å². The number of carbonyl (C=O) groups is 1. The molecule has 0 saturated carbocycles. The zero-order chi connectivity index (χ0) is 14.5. The number of hydrogen-bond acceptors (Lipinski definition) is 4. The van der Waals surface area contributed by atoms with E-state index in [1.165, 1.54) is 11.3 Å². The van der Waals surface area contributed by atoms with Gasteiger partial charge in [0.2, 0.25) is 5.91 Å². The predicted molar refractivity (Wildman–Crippen MR) is 79.2 cm³/mol. The van der Waals surface area contributed by atoms with Crippen LogP contribution in [-0.4, -0.2) is 22.0 Å². The van der Waals surface area contributed by atoms with Crippen molar-refractivity contribution in [3.05, 3.63) is 32.3 Å². The maximum absolute atomic E-state index is 12.1. The molecule has 2 rings (SSSR count). The third-order valence-electron chi connectivity index (χ3n) is 3.00. The summed E-state index contributed by atoms with van der Waals surface area (Å²) in [6.45, 7) is 2.41. The molecular weight excluding hydrogens is 278 g/mol. The summed E-state index contributed by atoms with van der Waals surface area (Å²) in [6, 6.07) is 1.68. The Labute approximate surface area is 119 Å². The molecule has 0 spiro atoms. The Morgan fingerprint density at radius 2 is 2.20 bits per heavy atom. The summed E-state index contributed by atoms with van der Waals surface area (Å²) in [7, 11) is 0. The lowest BCUT2D eigenvalue weighted by molar-refractivity contribution is -0.121. The van der Waals surface area contributed by atoms with Gasteiger partial charge in [-0.05, 0) is 17.9 Å². The summed E-state index contributed by atoms with van der Waals surface area (Å²) in [4.78, 5) is 38.2. The van der Waals surface area contributed by atoms with Gasteiger partial charge in [0.05, 0.1) is 5.52 Å². The first-order valence-corrected chi connectivity index (χ1v) is 7.48. The number of hydrogen-bond donors (Lipinski definition) is 2. The van der Waals surface area contributed by atoms with Crippen LogP contribution in [0.15, 0.2) is 21.0 Å². The van der Waals surface area contributed by atoms with Crippen LogP contribution in [0.3, 0.4) is 0 Å². The van der Waals surface area contributed by atoms with E-state index in [1.54, 1.807) is 11.4 Å². The SMILES string of the molecule is CCCCCNC(=O)Cn1c(=O)[nH]c2ccsc2c1=O. The van der Waals surface area contributed by atoms with Crippen molar-refractivity contribution in [1.82, 2.24) is 14.9 Å². The van der Waals surface area contributed by atoms with Gasteiger partial charge in [0.25, 0.3) is 5.56 Å². The molecule has 0 aliphatic carbocycles. The molecule has 6 nitrogen and oxygen atoms in total. The van der Waals surface area contributed by atoms with Gasteiger partial charge < -0.3 is 10.3 Å². The first-order valence-electron chi connectivity index (χ1n) is 6.60. The Hall–Kier alpha value is -1.89. The van der Waals surface area contributed by atoms with E-state index < -0.39 is 11.2 Å². The lowest BCUT2D eigenvalue weighted by Gasteiger charge is -2.06. The van der Waals surface area contributed by atoms with Gasteiger partial charge in [-0.3, -0.25) is 9.59 Å². The lowest BCUT2D eigenvalue weighted by atomic mass is 10.2. The summed E-state index contributed by atoms with van der Waals surface area (Å²) in [5, 5.41) is 4.45. The largest absolute Gasteiger partial charge is 0.355 e. The number of H-pyrrole nitrogens is 1. The van der Waals surface area contributed by atoms with Gasteiger partial charge in [0.15, 0.2) is 0 Å². The zero-order valence-electron chi connectivity index (χ0n) is 11.3. The van der Waals surface area contributed by atoms with E-state index in [-0.39, 0.29) is 12.5 Å². The zero-order valence-corrected chi connectivity index (χ0v) is 12.1. The van der Waals surface area contributed by atoms with Crippen LogP contribution in [0.25, 0.3) is 10.2 Å². The number of unbranched alkanes of at least 4 members (excludes halogenated alkanes) is 2. The van der Waals surface area contributed by atoms with E-state index >= 15 is 0 Å². The van der Waals surface area contributed by atoms with E-state index in [4.69, 9.17) is 0 Å². The maximum atomic E-state index is 12.1. The number of thiophene rings is 1. The van der Waals surface area contributed by atoms with Gasteiger partial charge in [0.1, 0.15) is 11.2 Å². The van der Waals surface area contributed by atoms with Crippen LogP contribution < -0.4 is 16.6 Å². The molecule has 0 aliphatic rings. The molecule has 1 amide bonds. The molecule has 2 aromatic rings. The molecule has 0 atom stereocenters. The molecule has 0 aliphatic heterocycles. The molecule has 0 unspecified atom stereocenters. The fourth-order valence-electron chi connectivity index (χ4n) is 1.92. The number of fused-ring (bicyclic) bond motifs is 1. The number of nitrogens with zero attached hydrogens (tertiary/aromatic N) is 1. The van der Waals surface area contributed by atoms with Gasteiger partial charge in [0, 0.05) is 6.54 Å². The Kier molecular flexibility index (Phi) is 4.73. The molecule has 0 fully saturated rings. The summed E-state index contributed by atoms with van der Waals surface area (Å²) >= 11 is 1.25. The molecule has 0 saturated heterocycles. The number of rotatable bonds is 6. The molecule has 2 heterocycles. The summed E-state index contributed by atoms with van der Waals surface area (Å²) in [5.74, 6) is -0.315. The maximum Gasteiger partial charge on any atom is 0.329 e. The quantitative estimate of drug-likeness (QED) is 0.782. The minimum absolute atomic E-state index is 0.242. The molecule has 0 aromatic carbocycles. The highest BCUT2D eigenvalue weighted by Gasteiger charge is 2.11. The topological polar surface area (TPSA) is 84.0 Å². The average Bonchev–Trinajstić information content (AvgIpc) is 2.88. The lowest BCUT2D eigenvalue weighted by Crippen LogP contribution is -2.40. The van der Waals surface area contributed by atoms with Crippen molar-refractivity contribution in [2.75, 3.05) is 6.54 Å². The van der Waals surface area contributed by atoms with Crippen molar-refractivity contribution in [2.24, 2.45) is 0 Å². The van der Waals surface area contributed by atoms with Crippen LogP contribution in [0.4, 0.5) is 0 Å². The van der Waals surface area contributed by atoms with Crippen LogP contribution in [0.5, 0.6) is 0 Å². The number of aromatic amines is 1. The molecule has 20 heavy (non-hydrogen) atoms. The van der Waals surface area contributed by atoms with Crippen molar-refractivity contribution in [1.29, 1.82) is 0 Å². The summed E-state index contributed by atoms with van der Waals surface area (Å²) in [6.07, 6.45) is 3.02. The van der Waals surface area contributed by atoms with Gasteiger partial charge >= 0.3 is 5.69 Å². The van der Waals surface area contributed by atoms with Crippen LogP contribution >= 0.6 is 11.3 Å². The van der Waals surface area contributed by atoms with E-state index in [0.717, 1.165) is 23.8 Å². The second-order valence-corrected chi connectivity index (χ2v) is 5.46. The summed E-state index contributed by atoms with van der Waals surface area (Å²) in [5.41, 5.74) is -0.448. The molecule has 2 aromatic heterocycles. The van der Waals surface area contributed by atoms with Crippen LogP contribution in [0, 0.1) is 0 Å². The van der Waals surface area contributed by atoms with E-state index in [0.29, 0.717) is 16.8 Å². The highest BCUT2D eigenvalue weighted by Crippen LogP contribution is 2.11. The van der Waals surface area contributed by atoms with Crippen LogP contribution in [0.1, 0.15) is 26.2 Å². The third-order valence-corrected chi connectivity index (χ3v) is 3.90. The Bertz CT molecular complexity index is 713. The second-order valence-electron chi connectivity index (χ2n) is 4.54. The van der Waals surface area contributed by atoms with Crippen molar-refractivity contribution < 1.29 is 4.79 Å². The van der Waals surface area contributed by atoms with Gasteiger partial charge in [-0.2, -0.15) is 0 Å². The average molecular weight is 295 g/mol. The van der Waals surface area contributed by atoms with Crippen molar-refractivity contribution in [3.63, 3.8) is 0 Å². The predicted octanol–water partition coefficient (Wildman–Crippen LogP) is 1.06. The normalized spacial score (nSPS) is 10.8. The first-order chi connectivity index (χ1) is 9.63. The van der Waals surface area contributed by atoms with E-state index in [9.17, 15) is 14.4 Å². The molecular formula is C13H17N3O3S. The number of amides is 1. The molecule has 0 radical (unpaired) electrons. The highest BCUT2D eigenvalue weighted by molar-refractivity contribution is 7.17. The summed E-state index contributed by atoms with van der Waals surface area (Å²) < 4.78 is 1.40. The smallest absolute Gasteiger partial charge is 0.329 e. The standard InChI is InChI=1S/C13H17N3O3S/c1-2-3-4-6-14-10(17)8-16-12(18)11-9(5-7-20-11)15-13(16)19/h5,7H,2-4,6,8H2,1H3,(H,14,17)(H,15,19). The van der Waals surface area contributed by atoms with Crippen molar-refractivity contribution >= 4 is 27.5 Å². The van der Waals surface area contributed by atoms with Crippen LogP contribution in [-0.2, 0) is 11.3 Å². The molecule has 108 valence electrons. The second kappa shape index (κ2) is 6.51. The first kappa shape index (κ1) is 14.5. The van der Waals surface area contributed by atoms with E-state index in [1.807, 2.05) is 0 Å². The fourth-order valence-corrected chi connectivity index (χ4v) is 2.71. The van der Waals surface area contributed by atoms with Crippen molar-refractivity contribution in [2.45, 2.75) is 32.7 Å². The fraction of sp³-hybridized carbons (Fsp3) is 0.462. The molecule has 7 heteroatoms. The Morgan fingerprint density at radius 1 is 1.40 bits per heavy atom. The van der Waals surface area contributed by atoms with E-state index in [2.05, 4.69) is 17.2 Å². The number of carbonyl (C=O) groups excluding carboxylic acids is 1. The van der Waals surface area contributed by atoms with Crippen molar-refractivity contribution in [3.8, 4) is 0 Å². The minimum atomic E-state index is -0.551. The Balaban J connectivity index is 2.11. The van der Waals surface area contributed by atoms with Gasteiger partial charge in [-0.25, -0.2) is 9.36 Å². The van der Waals surface area contributed by atoms with Crippen LogP contribution in [0.2, 0.25) is 0 Å². The minimum Gasteiger partial charge on any atom is -0.355 e. The Morgan fingerprint density at radius 3 is 2.95 bits per heavy atom.